The molecule has 0 N–H and O–H groups in total. The summed E-state index contributed by atoms with van der Waals surface area (Å²) in [5, 5.41) is 0. The molecule has 2 radical (unpaired) electrons. The average molecular weight is 419 g/mol. The molecule has 27 heavy (non-hydrogen) atoms. The largest absolute Gasteiger partial charge is 0.500 e. The predicted molar refractivity (Wildman–Crippen MR) is 119 cm³/mol. The van der Waals surface area contributed by atoms with Gasteiger partial charge in [-0.2, -0.15) is 0 Å². The molecule has 0 saturated heterocycles. The van der Waals surface area contributed by atoms with E-state index >= 15 is 0 Å². The first-order valence-corrected chi connectivity index (χ1v) is 14.2. The average Bonchev–Trinajstić information content (AvgIpc) is 2.71. The van der Waals surface area contributed by atoms with Crippen LogP contribution in [0.5, 0.6) is 0 Å². The number of unbranched alkanes of at least 4 members (excludes halogenated alkanes) is 5. The molecule has 162 valence electrons. The van der Waals surface area contributed by atoms with Gasteiger partial charge in [-0.1, -0.05) is 65.8 Å². The van der Waals surface area contributed by atoms with Crippen molar-refractivity contribution in [1.29, 1.82) is 0 Å². The van der Waals surface area contributed by atoms with E-state index in [0.717, 1.165) is 48.2 Å². The van der Waals surface area contributed by atoms with Crippen molar-refractivity contribution in [3.63, 3.8) is 0 Å². The summed E-state index contributed by atoms with van der Waals surface area (Å²) in [4.78, 5) is 5.26. The molecule has 0 unspecified atom stereocenters. The van der Waals surface area contributed by atoms with Crippen LogP contribution in [0.15, 0.2) is 0 Å². The van der Waals surface area contributed by atoms with Gasteiger partial charge in [0.05, 0.1) is 9.52 Å². The molecule has 0 aliphatic heterocycles. The lowest BCUT2D eigenvalue weighted by Crippen LogP contribution is -2.51. The minimum absolute atomic E-state index is 0.644. The first kappa shape index (κ1) is 27.2. The van der Waals surface area contributed by atoms with Crippen LogP contribution in [0, 0.1) is 0 Å². The normalized spacial score (nSPS) is 12.7. The van der Waals surface area contributed by atoms with Crippen LogP contribution in [0.3, 0.4) is 0 Å². The third-order valence-electron chi connectivity index (χ3n) is 5.49. The number of rotatable bonds is 19. The van der Waals surface area contributed by atoms with Gasteiger partial charge in [0.25, 0.3) is 0 Å². The van der Waals surface area contributed by atoms with Crippen LogP contribution in [-0.4, -0.2) is 81.4 Å². The molecular formula is C20H46N2O3Si2. The first-order chi connectivity index (χ1) is 13.1. The van der Waals surface area contributed by atoms with E-state index in [1.807, 2.05) is 0 Å². The third-order valence-corrected chi connectivity index (χ3v) is 10.1. The van der Waals surface area contributed by atoms with Crippen molar-refractivity contribution in [1.82, 2.24) is 9.80 Å². The lowest BCUT2D eigenvalue weighted by Gasteiger charge is -2.38. The van der Waals surface area contributed by atoms with Gasteiger partial charge in [-0.05, 0) is 32.6 Å². The summed E-state index contributed by atoms with van der Waals surface area (Å²) >= 11 is 0. The SMILES string of the molecule is CCN(CC)C([Si]CCCCCCCC[Si](OC)(OC)OC)N(CC)CC. The molecule has 0 rings (SSSR count). The molecule has 0 bridgehead atoms. The highest BCUT2D eigenvalue weighted by atomic mass is 28.4. The molecule has 0 atom stereocenters. The molecule has 0 aliphatic carbocycles. The minimum Gasteiger partial charge on any atom is -0.377 e. The third kappa shape index (κ3) is 10.5. The molecule has 5 nitrogen and oxygen atoms in total. The molecule has 0 aromatic heterocycles. The Bertz CT molecular complexity index is 306. The van der Waals surface area contributed by atoms with E-state index in [4.69, 9.17) is 13.3 Å². The lowest BCUT2D eigenvalue weighted by atomic mass is 10.1. The second-order valence-electron chi connectivity index (χ2n) is 6.94. The highest BCUT2D eigenvalue weighted by Gasteiger charge is 2.36. The summed E-state index contributed by atoms with van der Waals surface area (Å²) in [6.45, 7) is 13.8. The number of nitrogens with zero attached hydrogens (tertiary/aromatic N) is 2. The van der Waals surface area contributed by atoms with Crippen LogP contribution in [0.1, 0.15) is 66.2 Å². The van der Waals surface area contributed by atoms with Crippen molar-refractivity contribution in [2.24, 2.45) is 0 Å². The fourth-order valence-corrected chi connectivity index (χ4v) is 7.34. The van der Waals surface area contributed by atoms with Crippen LogP contribution in [0.2, 0.25) is 12.1 Å². The van der Waals surface area contributed by atoms with Gasteiger partial charge in [-0.3, -0.25) is 9.80 Å². The minimum atomic E-state index is -2.36. The van der Waals surface area contributed by atoms with Crippen LogP contribution >= 0.6 is 0 Å². The molecule has 0 spiro atoms. The van der Waals surface area contributed by atoms with Gasteiger partial charge in [0.15, 0.2) is 0 Å². The molecular weight excluding hydrogens is 372 g/mol. The van der Waals surface area contributed by atoms with E-state index < -0.39 is 8.80 Å². The zero-order valence-electron chi connectivity index (χ0n) is 19.2. The van der Waals surface area contributed by atoms with Crippen molar-refractivity contribution in [3.05, 3.63) is 0 Å². The van der Waals surface area contributed by atoms with Crippen LogP contribution in [0.4, 0.5) is 0 Å². The fourth-order valence-electron chi connectivity index (χ4n) is 3.59. The summed E-state index contributed by atoms with van der Waals surface area (Å²) in [6, 6.07) is 2.29. The van der Waals surface area contributed by atoms with E-state index in [1.54, 1.807) is 21.3 Å². The van der Waals surface area contributed by atoms with E-state index in [1.165, 1.54) is 38.1 Å². The Morgan fingerprint density at radius 1 is 0.667 bits per heavy atom. The van der Waals surface area contributed by atoms with Crippen LogP contribution in [0.25, 0.3) is 0 Å². The summed E-state index contributed by atoms with van der Waals surface area (Å²) in [7, 11) is 3.76. The molecule has 0 heterocycles. The summed E-state index contributed by atoms with van der Waals surface area (Å²) in [5.41, 5.74) is 0. The molecule has 0 aromatic rings. The maximum absolute atomic E-state index is 5.48. The lowest BCUT2D eigenvalue weighted by molar-refractivity contribution is 0.114. The second kappa shape index (κ2) is 17.1. The van der Waals surface area contributed by atoms with Gasteiger partial charge in [0, 0.05) is 33.2 Å². The Morgan fingerprint density at radius 3 is 1.48 bits per heavy atom. The van der Waals surface area contributed by atoms with E-state index in [0.29, 0.717) is 5.79 Å². The summed E-state index contributed by atoms with van der Waals surface area (Å²) < 4.78 is 16.4. The van der Waals surface area contributed by atoms with Gasteiger partial charge in [-0.15, -0.1) is 0 Å². The number of hydrogen-bond donors (Lipinski definition) is 0. The van der Waals surface area contributed by atoms with Gasteiger partial charge in [-0.25, -0.2) is 0 Å². The Hall–Kier alpha value is 0.234. The van der Waals surface area contributed by atoms with Crippen LogP contribution in [-0.2, 0) is 13.3 Å². The van der Waals surface area contributed by atoms with Crippen molar-refractivity contribution in [2.45, 2.75) is 84.1 Å². The highest BCUT2D eigenvalue weighted by molar-refractivity contribution is 6.60. The topological polar surface area (TPSA) is 34.2 Å². The monoisotopic (exact) mass is 418 g/mol. The Kier molecular flexibility index (Phi) is 17.3. The fraction of sp³-hybridized carbons (Fsp3) is 1.00. The summed E-state index contributed by atoms with van der Waals surface area (Å²) in [6.07, 6.45) is 7.75. The van der Waals surface area contributed by atoms with Gasteiger partial charge < -0.3 is 13.3 Å². The van der Waals surface area contributed by atoms with Crippen molar-refractivity contribution in [3.8, 4) is 0 Å². The smallest absolute Gasteiger partial charge is 0.377 e. The van der Waals surface area contributed by atoms with E-state index in [-0.39, 0.29) is 0 Å². The molecule has 0 aliphatic rings. The van der Waals surface area contributed by atoms with Gasteiger partial charge >= 0.3 is 8.80 Å². The number of hydrogen-bond acceptors (Lipinski definition) is 5. The van der Waals surface area contributed by atoms with Gasteiger partial charge in [0.1, 0.15) is 0 Å². The van der Waals surface area contributed by atoms with Crippen molar-refractivity contribution >= 4 is 18.3 Å². The van der Waals surface area contributed by atoms with Crippen LogP contribution < -0.4 is 0 Å². The molecule has 0 fully saturated rings. The zero-order chi connectivity index (χ0) is 20.5. The Labute approximate surface area is 173 Å². The Morgan fingerprint density at radius 2 is 1.07 bits per heavy atom. The van der Waals surface area contributed by atoms with Gasteiger partial charge in [0.2, 0.25) is 0 Å². The zero-order valence-corrected chi connectivity index (χ0v) is 21.2. The van der Waals surface area contributed by atoms with Crippen molar-refractivity contribution in [2.75, 3.05) is 47.5 Å². The van der Waals surface area contributed by atoms with E-state index in [9.17, 15) is 0 Å². The highest BCUT2D eigenvalue weighted by Crippen LogP contribution is 2.18. The molecule has 0 saturated carbocycles. The summed E-state index contributed by atoms with van der Waals surface area (Å²) in [5.74, 6) is 0.644. The standard InChI is InChI=1S/C20H46N2O3Si2/c1-8-21(9-2)20(22(10-3)11-4)26-18-16-14-12-13-15-17-19-27(23-5,24-6)25-7/h20H,8-19H2,1-7H3. The van der Waals surface area contributed by atoms with E-state index in [2.05, 4.69) is 37.5 Å². The Balaban J connectivity index is 3.96. The quantitative estimate of drug-likeness (QED) is 0.177. The first-order valence-electron chi connectivity index (χ1n) is 10.9. The predicted octanol–water partition coefficient (Wildman–Crippen LogP) is 4.29. The maximum atomic E-state index is 5.48. The second-order valence-corrected chi connectivity index (χ2v) is 11.5. The molecule has 0 amide bonds. The van der Waals surface area contributed by atoms with Crippen molar-refractivity contribution < 1.29 is 13.3 Å². The molecule has 7 heteroatoms. The molecule has 0 aromatic carbocycles. The maximum Gasteiger partial charge on any atom is 0.500 e.